The van der Waals surface area contributed by atoms with Crippen LogP contribution in [0.2, 0.25) is 0 Å². The number of nitrogens with two attached hydrogens (primary N) is 1. The predicted molar refractivity (Wildman–Crippen MR) is 69.6 cm³/mol. The summed E-state index contributed by atoms with van der Waals surface area (Å²) in [5.41, 5.74) is 6.11. The molecule has 0 heterocycles. The van der Waals surface area contributed by atoms with E-state index in [1.165, 1.54) is 12.8 Å². The Morgan fingerprint density at radius 2 is 1.94 bits per heavy atom. The maximum absolute atomic E-state index is 11.7. The standard InChI is InChI=1S/C12H24N2O.ClH/c1-5-12(6-7-12)8-14-10(15)9(13)11(2,3)4;/h9H,5-8,13H2,1-4H3,(H,14,15);1H/t9-;/m1./s1. The van der Waals surface area contributed by atoms with E-state index in [-0.39, 0.29) is 23.7 Å². The third kappa shape index (κ3) is 3.95. The molecule has 16 heavy (non-hydrogen) atoms. The van der Waals surface area contributed by atoms with Crippen LogP contribution in [0.15, 0.2) is 0 Å². The number of amides is 1. The highest BCUT2D eigenvalue weighted by Gasteiger charge is 2.41. The zero-order valence-corrected chi connectivity index (χ0v) is 11.6. The van der Waals surface area contributed by atoms with Crippen LogP contribution in [0.5, 0.6) is 0 Å². The average molecular weight is 249 g/mol. The van der Waals surface area contributed by atoms with Crippen molar-refractivity contribution in [3.05, 3.63) is 0 Å². The summed E-state index contributed by atoms with van der Waals surface area (Å²) >= 11 is 0. The quantitative estimate of drug-likeness (QED) is 0.801. The molecule has 1 saturated carbocycles. The van der Waals surface area contributed by atoms with E-state index in [2.05, 4.69) is 12.2 Å². The van der Waals surface area contributed by atoms with Gasteiger partial charge in [-0.25, -0.2) is 0 Å². The Bertz CT molecular complexity index is 244. The molecule has 1 amide bonds. The smallest absolute Gasteiger partial charge is 0.237 e. The molecule has 0 aromatic carbocycles. The fourth-order valence-electron chi connectivity index (χ4n) is 1.61. The lowest BCUT2D eigenvalue weighted by Crippen LogP contribution is -2.49. The topological polar surface area (TPSA) is 55.1 Å². The first-order valence-corrected chi connectivity index (χ1v) is 5.84. The van der Waals surface area contributed by atoms with E-state index in [0.29, 0.717) is 5.41 Å². The molecule has 1 aliphatic rings. The highest BCUT2D eigenvalue weighted by Crippen LogP contribution is 2.47. The van der Waals surface area contributed by atoms with Gasteiger partial charge in [-0.05, 0) is 30.1 Å². The third-order valence-corrected chi connectivity index (χ3v) is 3.56. The fourth-order valence-corrected chi connectivity index (χ4v) is 1.61. The second kappa shape index (κ2) is 5.37. The summed E-state index contributed by atoms with van der Waals surface area (Å²) in [6.45, 7) is 8.95. The maximum Gasteiger partial charge on any atom is 0.237 e. The molecule has 0 spiro atoms. The first-order valence-electron chi connectivity index (χ1n) is 5.84. The monoisotopic (exact) mass is 248 g/mol. The SMILES string of the molecule is CCC1(CNC(=O)[C@@H](N)C(C)(C)C)CC1.Cl. The van der Waals surface area contributed by atoms with Gasteiger partial charge in [-0.1, -0.05) is 27.7 Å². The number of rotatable bonds is 4. The molecular weight excluding hydrogens is 224 g/mol. The van der Waals surface area contributed by atoms with Crippen molar-refractivity contribution in [2.75, 3.05) is 6.54 Å². The molecule has 3 nitrogen and oxygen atoms in total. The number of carbonyl (C=O) groups is 1. The summed E-state index contributed by atoms with van der Waals surface area (Å²) in [5.74, 6) is -0.0118. The van der Waals surface area contributed by atoms with Crippen molar-refractivity contribution in [2.45, 2.75) is 53.0 Å². The Balaban J connectivity index is 0.00000225. The van der Waals surface area contributed by atoms with Crippen LogP contribution < -0.4 is 11.1 Å². The molecule has 4 heteroatoms. The zero-order valence-electron chi connectivity index (χ0n) is 10.8. The van der Waals surface area contributed by atoms with Crippen molar-refractivity contribution in [3.8, 4) is 0 Å². The number of hydrogen-bond acceptors (Lipinski definition) is 2. The molecule has 0 radical (unpaired) electrons. The van der Waals surface area contributed by atoms with Gasteiger partial charge in [-0.15, -0.1) is 12.4 Å². The first kappa shape index (κ1) is 15.7. The van der Waals surface area contributed by atoms with E-state index in [9.17, 15) is 4.79 Å². The predicted octanol–water partition coefficient (Wildman–Crippen LogP) is 2.09. The zero-order chi connectivity index (χ0) is 11.7. The van der Waals surface area contributed by atoms with Gasteiger partial charge in [-0.2, -0.15) is 0 Å². The number of halogens is 1. The van der Waals surface area contributed by atoms with Gasteiger partial charge in [0.2, 0.25) is 5.91 Å². The van der Waals surface area contributed by atoms with E-state index in [4.69, 9.17) is 5.73 Å². The lowest BCUT2D eigenvalue weighted by Gasteiger charge is -2.26. The van der Waals surface area contributed by atoms with Gasteiger partial charge in [0.05, 0.1) is 6.04 Å². The normalized spacial score (nSPS) is 19.6. The summed E-state index contributed by atoms with van der Waals surface area (Å²) in [5, 5.41) is 2.98. The molecule has 0 aliphatic heterocycles. The van der Waals surface area contributed by atoms with Gasteiger partial charge in [-0.3, -0.25) is 4.79 Å². The Hall–Kier alpha value is -0.280. The van der Waals surface area contributed by atoms with Crippen LogP contribution in [0.25, 0.3) is 0 Å². The van der Waals surface area contributed by atoms with Crippen molar-refractivity contribution >= 4 is 18.3 Å². The molecule has 0 aromatic rings. The number of nitrogens with one attached hydrogen (secondary N) is 1. The second-order valence-corrected chi connectivity index (χ2v) is 5.92. The molecular formula is C12H25ClN2O. The molecule has 1 aliphatic carbocycles. The van der Waals surface area contributed by atoms with Crippen LogP contribution in [0.4, 0.5) is 0 Å². The van der Waals surface area contributed by atoms with Gasteiger partial charge in [0, 0.05) is 6.54 Å². The van der Waals surface area contributed by atoms with Crippen molar-refractivity contribution in [1.29, 1.82) is 0 Å². The van der Waals surface area contributed by atoms with Crippen LogP contribution in [-0.4, -0.2) is 18.5 Å². The van der Waals surface area contributed by atoms with E-state index in [1.807, 2.05) is 20.8 Å². The average Bonchev–Trinajstić information content (AvgIpc) is 2.92. The lowest BCUT2D eigenvalue weighted by atomic mass is 9.87. The summed E-state index contributed by atoms with van der Waals surface area (Å²) in [6.07, 6.45) is 3.64. The highest BCUT2D eigenvalue weighted by molar-refractivity contribution is 5.85. The van der Waals surface area contributed by atoms with Crippen LogP contribution >= 0.6 is 12.4 Å². The van der Waals surface area contributed by atoms with Gasteiger partial charge in [0.15, 0.2) is 0 Å². The Morgan fingerprint density at radius 1 is 1.44 bits per heavy atom. The summed E-state index contributed by atoms with van der Waals surface area (Å²) in [6, 6.07) is -0.412. The highest BCUT2D eigenvalue weighted by atomic mass is 35.5. The van der Waals surface area contributed by atoms with Gasteiger partial charge < -0.3 is 11.1 Å². The lowest BCUT2D eigenvalue weighted by molar-refractivity contribution is -0.124. The van der Waals surface area contributed by atoms with Crippen LogP contribution in [0.1, 0.15) is 47.0 Å². The van der Waals surface area contributed by atoms with Crippen molar-refractivity contribution in [2.24, 2.45) is 16.6 Å². The molecule has 1 fully saturated rings. The van der Waals surface area contributed by atoms with Gasteiger partial charge in [0.25, 0.3) is 0 Å². The molecule has 0 unspecified atom stereocenters. The van der Waals surface area contributed by atoms with E-state index < -0.39 is 6.04 Å². The molecule has 1 rings (SSSR count). The first-order chi connectivity index (χ1) is 6.81. The molecule has 3 N–H and O–H groups in total. The van der Waals surface area contributed by atoms with E-state index >= 15 is 0 Å². The van der Waals surface area contributed by atoms with E-state index in [1.54, 1.807) is 0 Å². The number of hydrogen-bond donors (Lipinski definition) is 2. The Kier molecular flexibility index (Phi) is 5.27. The summed E-state index contributed by atoms with van der Waals surface area (Å²) in [4.78, 5) is 11.7. The minimum atomic E-state index is -0.412. The van der Waals surface area contributed by atoms with Crippen LogP contribution in [-0.2, 0) is 4.79 Å². The largest absolute Gasteiger partial charge is 0.354 e. The second-order valence-electron chi connectivity index (χ2n) is 5.92. The summed E-state index contributed by atoms with van der Waals surface area (Å²) in [7, 11) is 0. The van der Waals surface area contributed by atoms with Crippen molar-refractivity contribution in [1.82, 2.24) is 5.32 Å². The molecule has 96 valence electrons. The van der Waals surface area contributed by atoms with E-state index in [0.717, 1.165) is 13.0 Å². The summed E-state index contributed by atoms with van der Waals surface area (Å²) < 4.78 is 0. The Morgan fingerprint density at radius 3 is 2.25 bits per heavy atom. The molecule has 0 aromatic heterocycles. The van der Waals surface area contributed by atoms with Crippen molar-refractivity contribution in [3.63, 3.8) is 0 Å². The van der Waals surface area contributed by atoms with Crippen LogP contribution in [0, 0.1) is 10.8 Å². The van der Waals surface area contributed by atoms with Gasteiger partial charge in [0.1, 0.15) is 0 Å². The Labute approximate surface area is 105 Å². The molecule has 0 saturated heterocycles. The molecule has 1 atom stereocenters. The van der Waals surface area contributed by atoms with Crippen molar-refractivity contribution < 1.29 is 4.79 Å². The number of carbonyl (C=O) groups excluding carboxylic acids is 1. The van der Waals surface area contributed by atoms with Crippen LogP contribution in [0.3, 0.4) is 0 Å². The maximum atomic E-state index is 11.7. The molecule has 0 bridgehead atoms. The minimum Gasteiger partial charge on any atom is -0.354 e. The van der Waals surface area contributed by atoms with Gasteiger partial charge >= 0.3 is 0 Å². The third-order valence-electron chi connectivity index (χ3n) is 3.56. The minimum absolute atomic E-state index is 0. The fraction of sp³-hybridized carbons (Fsp3) is 0.917.